The van der Waals surface area contributed by atoms with Crippen molar-refractivity contribution in [2.75, 3.05) is 18.2 Å². The van der Waals surface area contributed by atoms with E-state index in [1.54, 1.807) is 37.4 Å². The molecule has 2 heterocycles. The summed E-state index contributed by atoms with van der Waals surface area (Å²) in [7, 11) is 4.43. The van der Waals surface area contributed by atoms with Crippen LogP contribution in [0.2, 0.25) is 0 Å². The summed E-state index contributed by atoms with van der Waals surface area (Å²) >= 11 is 1.03. The molecule has 0 aliphatic rings. The number of amides is 1. The SMILES string of the molecule is COc1ccc(-c2nc(SCC(=O)Nc3cccc(F)c3)c3c(=O)n(C)c(=O)n(C)c3n2)cc1. The molecular formula is C23H20FN5O4S. The van der Waals surface area contributed by atoms with Gasteiger partial charge in [0.25, 0.3) is 5.56 Å². The van der Waals surface area contributed by atoms with E-state index in [9.17, 15) is 18.8 Å². The number of rotatable bonds is 6. The number of anilines is 1. The quantitative estimate of drug-likeness (QED) is 0.333. The summed E-state index contributed by atoms with van der Waals surface area (Å²) in [5.74, 6) is -0.0480. The lowest BCUT2D eigenvalue weighted by Gasteiger charge is -2.12. The standard InChI is InChI=1S/C23H20FN5O4S/c1-28-20-18(22(31)29(2)23(28)32)21(27-19(26-20)13-7-9-16(33-3)10-8-13)34-12-17(30)25-15-6-4-5-14(24)11-15/h4-11H,12H2,1-3H3,(H,25,30). The van der Waals surface area contributed by atoms with E-state index in [2.05, 4.69) is 15.3 Å². The van der Waals surface area contributed by atoms with Crippen molar-refractivity contribution < 1.29 is 13.9 Å². The maximum absolute atomic E-state index is 13.4. The fourth-order valence-corrected chi connectivity index (χ4v) is 4.11. The minimum Gasteiger partial charge on any atom is -0.497 e. The Morgan fingerprint density at radius 2 is 1.82 bits per heavy atom. The average molecular weight is 482 g/mol. The van der Waals surface area contributed by atoms with Crippen molar-refractivity contribution in [3.05, 3.63) is 75.2 Å². The molecule has 0 unspecified atom stereocenters. The van der Waals surface area contributed by atoms with Crippen LogP contribution in [0.25, 0.3) is 22.4 Å². The number of carbonyl (C=O) groups is 1. The second kappa shape index (κ2) is 9.48. The van der Waals surface area contributed by atoms with Crippen molar-refractivity contribution in [1.82, 2.24) is 19.1 Å². The number of carbonyl (C=O) groups excluding carboxylic acids is 1. The van der Waals surface area contributed by atoms with Gasteiger partial charge in [-0.25, -0.2) is 19.2 Å². The van der Waals surface area contributed by atoms with Crippen molar-refractivity contribution in [1.29, 1.82) is 0 Å². The Morgan fingerprint density at radius 1 is 1.09 bits per heavy atom. The summed E-state index contributed by atoms with van der Waals surface area (Å²) < 4.78 is 20.8. The van der Waals surface area contributed by atoms with Gasteiger partial charge in [0.1, 0.15) is 22.0 Å². The number of methoxy groups -OCH3 is 1. The van der Waals surface area contributed by atoms with E-state index in [-0.39, 0.29) is 27.6 Å². The van der Waals surface area contributed by atoms with Gasteiger partial charge in [-0.3, -0.25) is 18.7 Å². The van der Waals surface area contributed by atoms with Crippen molar-refractivity contribution in [2.45, 2.75) is 5.03 Å². The molecule has 4 aromatic rings. The van der Waals surface area contributed by atoms with Gasteiger partial charge >= 0.3 is 5.69 Å². The zero-order chi connectivity index (χ0) is 24.4. The van der Waals surface area contributed by atoms with E-state index in [0.29, 0.717) is 17.0 Å². The lowest BCUT2D eigenvalue weighted by Crippen LogP contribution is -2.37. The molecule has 2 aromatic carbocycles. The molecule has 34 heavy (non-hydrogen) atoms. The van der Waals surface area contributed by atoms with Crippen LogP contribution < -0.4 is 21.3 Å². The molecule has 0 spiro atoms. The summed E-state index contributed by atoms with van der Waals surface area (Å²) in [5, 5.41) is 2.99. The maximum Gasteiger partial charge on any atom is 0.332 e. The topological polar surface area (TPSA) is 108 Å². The minimum absolute atomic E-state index is 0.101. The molecule has 2 aromatic heterocycles. The van der Waals surface area contributed by atoms with Gasteiger partial charge in [-0.15, -0.1) is 0 Å². The normalized spacial score (nSPS) is 10.9. The van der Waals surface area contributed by atoms with E-state index in [1.807, 2.05) is 0 Å². The number of aryl methyl sites for hydroxylation is 1. The molecular weight excluding hydrogens is 461 g/mol. The Bertz CT molecular complexity index is 1520. The smallest absolute Gasteiger partial charge is 0.332 e. The van der Waals surface area contributed by atoms with E-state index in [1.165, 1.54) is 36.9 Å². The number of hydrogen-bond acceptors (Lipinski definition) is 7. The summed E-state index contributed by atoms with van der Waals surface area (Å²) in [6, 6.07) is 12.5. The lowest BCUT2D eigenvalue weighted by atomic mass is 10.2. The Balaban J connectivity index is 1.76. The third-order valence-corrected chi connectivity index (χ3v) is 6.04. The lowest BCUT2D eigenvalue weighted by molar-refractivity contribution is -0.113. The molecule has 0 radical (unpaired) electrons. The first-order chi connectivity index (χ1) is 16.3. The molecule has 0 saturated carbocycles. The third-order valence-electron chi connectivity index (χ3n) is 5.06. The summed E-state index contributed by atoms with van der Waals surface area (Å²) in [6.45, 7) is 0. The number of fused-ring (bicyclic) bond motifs is 1. The first-order valence-electron chi connectivity index (χ1n) is 10.1. The van der Waals surface area contributed by atoms with Gasteiger partial charge in [0.2, 0.25) is 5.91 Å². The highest BCUT2D eigenvalue weighted by Gasteiger charge is 2.19. The number of hydrogen-bond donors (Lipinski definition) is 1. The van der Waals surface area contributed by atoms with Crippen LogP contribution in [-0.2, 0) is 18.9 Å². The number of nitrogens with one attached hydrogen (secondary N) is 1. The highest BCUT2D eigenvalue weighted by molar-refractivity contribution is 8.00. The second-order valence-corrected chi connectivity index (χ2v) is 8.30. The Kier molecular flexibility index (Phi) is 6.46. The molecule has 0 saturated heterocycles. The summed E-state index contributed by atoms with van der Waals surface area (Å²) in [4.78, 5) is 46.9. The first kappa shape index (κ1) is 23.2. The fourth-order valence-electron chi connectivity index (χ4n) is 3.30. The van der Waals surface area contributed by atoms with Crippen LogP contribution in [0.5, 0.6) is 5.75 Å². The molecule has 1 N–H and O–H groups in total. The Hall–Kier alpha value is -3.99. The molecule has 4 rings (SSSR count). The van der Waals surface area contributed by atoms with Crippen LogP contribution in [0, 0.1) is 5.82 Å². The third kappa shape index (κ3) is 4.55. The van der Waals surface area contributed by atoms with Gasteiger partial charge in [-0.2, -0.15) is 0 Å². The van der Waals surface area contributed by atoms with Crippen LogP contribution in [0.4, 0.5) is 10.1 Å². The van der Waals surface area contributed by atoms with Crippen LogP contribution in [0.3, 0.4) is 0 Å². The van der Waals surface area contributed by atoms with Crippen LogP contribution >= 0.6 is 11.8 Å². The molecule has 0 bridgehead atoms. The number of halogens is 1. The van der Waals surface area contributed by atoms with Gasteiger partial charge in [-0.1, -0.05) is 17.8 Å². The first-order valence-corrected chi connectivity index (χ1v) is 11.1. The minimum atomic E-state index is -0.563. The van der Waals surface area contributed by atoms with Crippen LogP contribution in [-0.4, -0.2) is 37.9 Å². The van der Waals surface area contributed by atoms with E-state index >= 15 is 0 Å². The Labute approximate surface area is 197 Å². The molecule has 1 amide bonds. The van der Waals surface area contributed by atoms with Gasteiger partial charge in [0.05, 0.1) is 12.9 Å². The maximum atomic E-state index is 13.4. The number of thioether (sulfide) groups is 1. The molecule has 174 valence electrons. The molecule has 11 heteroatoms. The largest absolute Gasteiger partial charge is 0.497 e. The second-order valence-electron chi connectivity index (χ2n) is 7.33. The van der Waals surface area contributed by atoms with Gasteiger partial charge < -0.3 is 10.1 Å². The van der Waals surface area contributed by atoms with E-state index in [4.69, 9.17) is 4.74 Å². The monoisotopic (exact) mass is 481 g/mol. The fraction of sp³-hybridized carbons (Fsp3) is 0.174. The van der Waals surface area contributed by atoms with Crippen molar-refractivity contribution in [2.24, 2.45) is 14.1 Å². The van der Waals surface area contributed by atoms with Crippen LogP contribution in [0.15, 0.2) is 63.1 Å². The zero-order valence-electron chi connectivity index (χ0n) is 18.5. The van der Waals surface area contributed by atoms with Crippen molar-refractivity contribution in [3.8, 4) is 17.1 Å². The van der Waals surface area contributed by atoms with E-state index in [0.717, 1.165) is 16.3 Å². The van der Waals surface area contributed by atoms with E-state index < -0.39 is 23.0 Å². The van der Waals surface area contributed by atoms with Crippen molar-refractivity contribution in [3.63, 3.8) is 0 Å². The predicted molar refractivity (Wildman–Crippen MR) is 128 cm³/mol. The average Bonchev–Trinajstić information content (AvgIpc) is 2.84. The summed E-state index contributed by atoms with van der Waals surface area (Å²) in [5.41, 5.74) is 0.0170. The molecule has 0 aliphatic heterocycles. The van der Waals surface area contributed by atoms with Gasteiger partial charge in [0, 0.05) is 25.3 Å². The molecule has 0 aliphatic carbocycles. The summed E-state index contributed by atoms with van der Waals surface area (Å²) in [6.07, 6.45) is 0. The number of aromatic nitrogens is 4. The highest BCUT2D eigenvalue weighted by atomic mass is 32.2. The van der Waals surface area contributed by atoms with Crippen molar-refractivity contribution >= 4 is 34.4 Å². The Morgan fingerprint density at radius 3 is 2.50 bits per heavy atom. The van der Waals surface area contributed by atoms with Crippen LogP contribution in [0.1, 0.15) is 0 Å². The van der Waals surface area contributed by atoms with Gasteiger partial charge in [-0.05, 0) is 42.5 Å². The number of benzene rings is 2. The molecule has 0 atom stereocenters. The number of nitrogens with zero attached hydrogens (tertiary/aromatic N) is 4. The highest BCUT2D eigenvalue weighted by Crippen LogP contribution is 2.27. The predicted octanol–water partition coefficient (Wildman–Crippen LogP) is 2.57. The van der Waals surface area contributed by atoms with Gasteiger partial charge in [0.15, 0.2) is 11.5 Å². The zero-order valence-corrected chi connectivity index (χ0v) is 19.4. The molecule has 9 nitrogen and oxygen atoms in total. The molecule has 0 fully saturated rings. The number of ether oxygens (including phenoxy) is 1.